The molecule has 0 atom stereocenters. The van der Waals surface area contributed by atoms with Crippen LogP contribution in [0.2, 0.25) is 0 Å². The Morgan fingerprint density at radius 3 is 1.83 bits per heavy atom. The molecule has 0 aliphatic carbocycles. The number of aromatic nitrogens is 2. The van der Waals surface area contributed by atoms with E-state index in [0.717, 1.165) is 22.5 Å². The van der Waals surface area contributed by atoms with Gasteiger partial charge in [-0.2, -0.15) is 9.13 Å². The molecule has 0 unspecified atom stereocenters. The minimum absolute atomic E-state index is 0.249. The molecule has 0 bridgehead atoms. The second-order valence-electron chi connectivity index (χ2n) is 6.56. The van der Waals surface area contributed by atoms with Crippen molar-refractivity contribution in [1.29, 1.82) is 0 Å². The van der Waals surface area contributed by atoms with Crippen LogP contribution < -0.4 is 13.9 Å². The zero-order valence-corrected chi connectivity index (χ0v) is 15.9. The molecule has 0 saturated heterocycles. The van der Waals surface area contributed by atoms with E-state index >= 15 is 0 Å². The van der Waals surface area contributed by atoms with Crippen LogP contribution in [0.15, 0.2) is 97.6 Å². The first-order valence-electron chi connectivity index (χ1n) is 9.21. The molecule has 1 N–H and O–H groups in total. The number of aromatic carboxylic acids is 1. The highest BCUT2D eigenvalue weighted by atomic mass is 16.5. The van der Waals surface area contributed by atoms with Crippen molar-refractivity contribution < 1.29 is 28.6 Å². The number of carboxylic acid groups (broad SMARTS) is 1. The summed E-state index contributed by atoms with van der Waals surface area (Å²) in [7, 11) is 0. The molecule has 0 aliphatic rings. The number of carbonyl (C=O) groups excluding carboxylic acids is 1. The molecule has 2 heterocycles. The standard InChI is InChI=1S/C24H17N2O4/c27-17-30-23-6-2-5-22(16-23)26-13-9-19(10-14-26)18-7-11-25(12-8-18)21-4-1-3-20(15-21)24(28)29/h1-17H/q+1/p+1. The predicted molar refractivity (Wildman–Crippen MR) is 109 cm³/mol. The number of ether oxygens (including phenoxy) is 1. The van der Waals surface area contributed by atoms with Gasteiger partial charge < -0.3 is 9.84 Å². The predicted octanol–water partition coefficient (Wildman–Crippen LogP) is 3.14. The molecular formula is C24H18N2O4+2. The zero-order valence-electron chi connectivity index (χ0n) is 15.9. The molecule has 30 heavy (non-hydrogen) atoms. The van der Waals surface area contributed by atoms with E-state index in [9.17, 15) is 9.59 Å². The highest BCUT2D eigenvalue weighted by Crippen LogP contribution is 2.18. The third kappa shape index (κ3) is 4.07. The summed E-state index contributed by atoms with van der Waals surface area (Å²) in [5.41, 5.74) is 3.98. The van der Waals surface area contributed by atoms with Crippen molar-refractivity contribution in [2.45, 2.75) is 0 Å². The summed E-state index contributed by atoms with van der Waals surface area (Å²) in [6, 6.07) is 22.0. The van der Waals surface area contributed by atoms with Crippen molar-refractivity contribution in [3.05, 3.63) is 103 Å². The first kappa shape index (κ1) is 19.0. The second-order valence-corrected chi connectivity index (χ2v) is 6.56. The fourth-order valence-electron chi connectivity index (χ4n) is 3.15. The van der Waals surface area contributed by atoms with Gasteiger partial charge >= 0.3 is 5.97 Å². The van der Waals surface area contributed by atoms with Crippen molar-refractivity contribution in [2.75, 3.05) is 0 Å². The maximum atomic E-state index is 11.2. The minimum atomic E-state index is -0.949. The Balaban J connectivity index is 1.56. The first-order valence-corrected chi connectivity index (χ1v) is 9.21. The molecule has 6 nitrogen and oxygen atoms in total. The Kier molecular flexibility index (Phi) is 5.30. The minimum Gasteiger partial charge on any atom is -0.478 e. The van der Waals surface area contributed by atoms with Crippen LogP contribution >= 0.6 is 0 Å². The van der Waals surface area contributed by atoms with Crippen molar-refractivity contribution in [3.8, 4) is 28.3 Å². The average molecular weight is 398 g/mol. The van der Waals surface area contributed by atoms with Gasteiger partial charge in [-0.05, 0) is 23.3 Å². The summed E-state index contributed by atoms with van der Waals surface area (Å²) >= 11 is 0. The lowest BCUT2D eigenvalue weighted by molar-refractivity contribution is -0.596. The Labute approximate surface area is 172 Å². The monoisotopic (exact) mass is 398 g/mol. The summed E-state index contributed by atoms with van der Waals surface area (Å²) in [5.74, 6) is -0.464. The molecule has 0 saturated carbocycles. The molecule has 0 aliphatic heterocycles. The summed E-state index contributed by atoms with van der Waals surface area (Å²) < 4.78 is 8.71. The molecule has 0 radical (unpaired) electrons. The number of hydrogen-bond acceptors (Lipinski definition) is 3. The molecular weight excluding hydrogens is 380 g/mol. The third-order valence-corrected chi connectivity index (χ3v) is 4.68. The molecule has 146 valence electrons. The van der Waals surface area contributed by atoms with Gasteiger partial charge in [0.15, 0.2) is 24.8 Å². The van der Waals surface area contributed by atoms with Gasteiger partial charge in [0.1, 0.15) is 5.75 Å². The van der Waals surface area contributed by atoms with E-state index in [1.54, 1.807) is 30.3 Å². The highest BCUT2D eigenvalue weighted by Gasteiger charge is 2.12. The van der Waals surface area contributed by atoms with Crippen LogP contribution in [0.1, 0.15) is 10.4 Å². The molecule has 0 amide bonds. The van der Waals surface area contributed by atoms with Crippen molar-refractivity contribution in [3.63, 3.8) is 0 Å². The Morgan fingerprint density at radius 2 is 1.30 bits per heavy atom. The zero-order chi connectivity index (χ0) is 20.9. The number of rotatable bonds is 6. The summed E-state index contributed by atoms with van der Waals surface area (Å²) in [4.78, 5) is 21.7. The second kappa shape index (κ2) is 8.36. The van der Waals surface area contributed by atoms with Crippen LogP contribution in [-0.4, -0.2) is 17.5 Å². The van der Waals surface area contributed by atoms with Crippen LogP contribution in [0, 0.1) is 0 Å². The van der Waals surface area contributed by atoms with Crippen LogP contribution in [0.3, 0.4) is 0 Å². The largest absolute Gasteiger partial charge is 0.478 e. The van der Waals surface area contributed by atoms with Crippen LogP contribution in [0.25, 0.3) is 22.5 Å². The van der Waals surface area contributed by atoms with Crippen LogP contribution in [-0.2, 0) is 4.79 Å². The smallest absolute Gasteiger partial charge is 0.335 e. The molecule has 0 spiro atoms. The summed E-state index contributed by atoms with van der Waals surface area (Å²) in [6.07, 6.45) is 7.68. The molecule has 6 heteroatoms. The van der Waals surface area contributed by atoms with Gasteiger partial charge in [0.25, 0.3) is 6.47 Å². The average Bonchev–Trinajstić information content (AvgIpc) is 2.80. The van der Waals surface area contributed by atoms with E-state index in [2.05, 4.69) is 0 Å². The van der Waals surface area contributed by atoms with Crippen LogP contribution in [0.5, 0.6) is 5.75 Å². The van der Waals surface area contributed by atoms with E-state index in [-0.39, 0.29) is 5.56 Å². The number of carbonyl (C=O) groups is 2. The van der Waals surface area contributed by atoms with E-state index in [1.165, 1.54) is 0 Å². The molecule has 4 rings (SSSR count). The lowest BCUT2D eigenvalue weighted by Crippen LogP contribution is -2.30. The lowest BCUT2D eigenvalue weighted by atomic mass is 10.1. The van der Waals surface area contributed by atoms with E-state index in [0.29, 0.717) is 12.2 Å². The molecule has 2 aromatic heterocycles. The van der Waals surface area contributed by atoms with Crippen molar-refractivity contribution in [1.82, 2.24) is 0 Å². The normalized spacial score (nSPS) is 10.4. The Bertz CT molecular complexity index is 1200. The van der Waals surface area contributed by atoms with E-state index in [1.807, 2.05) is 76.4 Å². The van der Waals surface area contributed by atoms with Gasteiger partial charge in [-0.15, -0.1) is 0 Å². The molecule has 4 aromatic rings. The number of benzene rings is 2. The highest BCUT2D eigenvalue weighted by molar-refractivity contribution is 5.88. The number of nitrogens with zero attached hydrogens (tertiary/aromatic N) is 2. The number of pyridine rings is 2. The summed E-state index contributed by atoms with van der Waals surface area (Å²) in [6.45, 7) is 0.409. The van der Waals surface area contributed by atoms with Gasteiger partial charge in [0.2, 0.25) is 11.4 Å². The Hall–Kier alpha value is -4.32. The van der Waals surface area contributed by atoms with E-state index < -0.39 is 5.97 Å². The van der Waals surface area contributed by atoms with Gasteiger partial charge in [-0.1, -0.05) is 12.1 Å². The van der Waals surface area contributed by atoms with Gasteiger partial charge in [-0.3, -0.25) is 4.79 Å². The van der Waals surface area contributed by atoms with Gasteiger partial charge in [0.05, 0.1) is 11.6 Å². The quantitative estimate of drug-likeness (QED) is 0.400. The SMILES string of the molecule is O=COc1cccc(-[n+]2ccc(-c3cc[n+](-c4cccc(C(=O)O)c4)cc3)cc2)c1. The van der Waals surface area contributed by atoms with Gasteiger partial charge in [-0.25, -0.2) is 4.79 Å². The van der Waals surface area contributed by atoms with E-state index in [4.69, 9.17) is 9.84 Å². The molecule has 2 aromatic carbocycles. The van der Waals surface area contributed by atoms with Crippen LogP contribution in [0.4, 0.5) is 0 Å². The number of hydrogen-bond donors (Lipinski definition) is 1. The summed E-state index contributed by atoms with van der Waals surface area (Å²) in [5, 5.41) is 9.16. The fourth-order valence-corrected chi connectivity index (χ4v) is 3.15. The fraction of sp³-hybridized carbons (Fsp3) is 0. The maximum absolute atomic E-state index is 11.2. The lowest BCUT2D eigenvalue weighted by Gasteiger charge is -2.02. The van der Waals surface area contributed by atoms with Crippen molar-refractivity contribution in [2.24, 2.45) is 0 Å². The molecule has 0 fully saturated rings. The topological polar surface area (TPSA) is 71.4 Å². The third-order valence-electron chi connectivity index (χ3n) is 4.68. The maximum Gasteiger partial charge on any atom is 0.335 e. The number of carboxylic acids is 1. The first-order chi connectivity index (χ1) is 14.6. The Morgan fingerprint density at radius 1 is 0.767 bits per heavy atom. The van der Waals surface area contributed by atoms with Gasteiger partial charge in [0, 0.05) is 42.5 Å². The van der Waals surface area contributed by atoms with Crippen molar-refractivity contribution >= 4 is 12.4 Å².